The van der Waals surface area contributed by atoms with Crippen LogP contribution in [-0.2, 0) is 4.74 Å². The summed E-state index contributed by atoms with van der Waals surface area (Å²) in [4.78, 5) is 2.46. The molecule has 1 aromatic rings. The van der Waals surface area contributed by atoms with Gasteiger partial charge in [-0.25, -0.2) is 0 Å². The number of ether oxygens (including phenoxy) is 1. The van der Waals surface area contributed by atoms with Crippen LogP contribution in [0.4, 0.5) is 0 Å². The Balaban J connectivity index is 3.09. The zero-order valence-electron chi connectivity index (χ0n) is 13.7. The topological polar surface area (TPSA) is 38.5 Å². The Hall–Kier alpha value is -0.610. The number of halogens is 1. The SMILES string of the molecule is CCC(N)C(c1ccc(Cl)cc1)N(CCOC)C(C)CC. The predicted molar refractivity (Wildman–Crippen MR) is 90.8 cm³/mol. The number of methoxy groups -OCH3 is 1. The molecular formula is C17H29ClN2O. The van der Waals surface area contributed by atoms with Gasteiger partial charge in [0.25, 0.3) is 0 Å². The average Bonchev–Trinajstić information content (AvgIpc) is 2.51. The molecule has 0 radical (unpaired) electrons. The van der Waals surface area contributed by atoms with Gasteiger partial charge in [-0.15, -0.1) is 0 Å². The summed E-state index contributed by atoms with van der Waals surface area (Å²) in [7, 11) is 1.74. The lowest BCUT2D eigenvalue weighted by atomic mass is 9.94. The third-order valence-electron chi connectivity index (χ3n) is 4.16. The fraction of sp³-hybridized carbons (Fsp3) is 0.647. The van der Waals surface area contributed by atoms with E-state index in [9.17, 15) is 0 Å². The van der Waals surface area contributed by atoms with Gasteiger partial charge in [-0.1, -0.05) is 37.6 Å². The molecule has 0 aliphatic rings. The van der Waals surface area contributed by atoms with Crippen LogP contribution in [0.2, 0.25) is 5.02 Å². The molecule has 0 fully saturated rings. The number of nitrogens with zero attached hydrogens (tertiary/aromatic N) is 1. The van der Waals surface area contributed by atoms with Crippen molar-refractivity contribution in [2.24, 2.45) is 5.73 Å². The van der Waals surface area contributed by atoms with E-state index in [-0.39, 0.29) is 12.1 Å². The number of hydrogen-bond acceptors (Lipinski definition) is 3. The second-order valence-corrected chi connectivity index (χ2v) is 5.99. The van der Waals surface area contributed by atoms with Gasteiger partial charge in [0, 0.05) is 30.8 Å². The molecule has 0 saturated carbocycles. The molecule has 0 spiro atoms. The fourth-order valence-electron chi connectivity index (χ4n) is 2.63. The van der Waals surface area contributed by atoms with E-state index in [1.54, 1.807) is 7.11 Å². The van der Waals surface area contributed by atoms with Gasteiger partial charge < -0.3 is 10.5 Å². The van der Waals surface area contributed by atoms with Gasteiger partial charge in [-0.05, 0) is 37.5 Å². The zero-order valence-corrected chi connectivity index (χ0v) is 14.4. The third kappa shape index (κ3) is 5.26. The van der Waals surface area contributed by atoms with Crippen molar-refractivity contribution in [3.8, 4) is 0 Å². The standard InChI is InChI=1S/C17H29ClN2O/c1-5-13(3)20(11-12-21-4)17(16(19)6-2)14-7-9-15(18)10-8-14/h7-10,13,16-17H,5-6,11-12,19H2,1-4H3. The molecule has 0 amide bonds. The second kappa shape index (κ2) is 9.42. The Kier molecular flexibility index (Phi) is 8.27. The van der Waals surface area contributed by atoms with Crippen molar-refractivity contribution in [1.29, 1.82) is 0 Å². The van der Waals surface area contributed by atoms with Crippen molar-refractivity contribution >= 4 is 11.6 Å². The van der Waals surface area contributed by atoms with E-state index < -0.39 is 0 Å². The molecule has 3 unspecified atom stereocenters. The second-order valence-electron chi connectivity index (χ2n) is 5.56. The third-order valence-corrected chi connectivity index (χ3v) is 4.41. The molecule has 1 rings (SSSR count). The molecule has 2 N–H and O–H groups in total. The van der Waals surface area contributed by atoms with E-state index in [1.165, 1.54) is 5.56 Å². The first-order valence-corrected chi connectivity index (χ1v) is 8.18. The molecule has 0 heterocycles. The molecular weight excluding hydrogens is 284 g/mol. The van der Waals surface area contributed by atoms with Crippen LogP contribution in [0.25, 0.3) is 0 Å². The summed E-state index contributed by atoms with van der Waals surface area (Å²) < 4.78 is 5.28. The quantitative estimate of drug-likeness (QED) is 0.752. The van der Waals surface area contributed by atoms with Gasteiger partial charge >= 0.3 is 0 Å². The molecule has 4 heteroatoms. The van der Waals surface area contributed by atoms with E-state index >= 15 is 0 Å². The summed E-state index contributed by atoms with van der Waals surface area (Å²) in [6.45, 7) is 8.19. The van der Waals surface area contributed by atoms with Crippen LogP contribution in [-0.4, -0.2) is 37.2 Å². The smallest absolute Gasteiger partial charge is 0.0590 e. The van der Waals surface area contributed by atoms with Crippen LogP contribution in [0.3, 0.4) is 0 Å². The molecule has 0 aliphatic carbocycles. The molecule has 3 nitrogen and oxygen atoms in total. The van der Waals surface area contributed by atoms with Crippen molar-refractivity contribution in [2.45, 2.75) is 51.7 Å². The molecule has 0 aromatic heterocycles. The first-order valence-electron chi connectivity index (χ1n) is 7.80. The highest BCUT2D eigenvalue weighted by atomic mass is 35.5. The number of nitrogens with two attached hydrogens (primary N) is 1. The first kappa shape index (κ1) is 18.4. The Morgan fingerprint density at radius 2 is 1.81 bits per heavy atom. The van der Waals surface area contributed by atoms with E-state index in [0.29, 0.717) is 12.6 Å². The largest absolute Gasteiger partial charge is 0.383 e. The van der Waals surface area contributed by atoms with Gasteiger partial charge in [0.2, 0.25) is 0 Å². The van der Waals surface area contributed by atoms with Crippen LogP contribution < -0.4 is 5.73 Å². The van der Waals surface area contributed by atoms with E-state index in [0.717, 1.165) is 24.4 Å². The molecule has 120 valence electrons. The Bertz CT molecular complexity index is 396. The van der Waals surface area contributed by atoms with Gasteiger partial charge in [0.05, 0.1) is 12.6 Å². The molecule has 0 aliphatic heterocycles. The lowest BCUT2D eigenvalue weighted by Gasteiger charge is -2.39. The lowest BCUT2D eigenvalue weighted by Crippen LogP contribution is -2.46. The summed E-state index contributed by atoms with van der Waals surface area (Å²) in [5.74, 6) is 0. The van der Waals surface area contributed by atoms with Crippen molar-refractivity contribution in [1.82, 2.24) is 4.90 Å². The first-order chi connectivity index (χ1) is 10.0. The van der Waals surface area contributed by atoms with Crippen molar-refractivity contribution in [3.05, 3.63) is 34.9 Å². The summed E-state index contributed by atoms with van der Waals surface area (Å²) in [5.41, 5.74) is 7.66. The van der Waals surface area contributed by atoms with Gasteiger partial charge in [0.1, 0.15) is 0 Å². The van der Waals surface area contributed by atoms with E-state index in [4.69, 9.17) is 22.1 Å². The number of rotatable bonds is 9. The van der Waals surface area contributed by atoms with E-state index in [1.807, 2.05) is 12.1 Å². The van der Waals surface area contributed by atoms with Gasteiger partial charge in [0.15, 0.2) is 0 Å². The predicted octanol–water partition coefficient (Wildman–Crippen LogP) is 3.87. The molecule has 3 atom stereocenters. The van der Waals surface area contributed by atoms with Crippen molar-refractivity contribution in [2.75, 3.05) is 20.3 Å². The highest BCUT2D eigenvalue weighted by Gasteiger charge is 2.28. The minimum absolute atomic E-state index is 0.0945. The Labute approximate surface area is 134 Å². The highest BCUT2D eigenvalue weighted by Crippen LogP contribution is 2.28. The normalized spacial score (nSPS) is 16.0. The highest BCUT2D eigenvalue weighted by molar-refractivity contribution is 6.30. The van der Waals surface area contributed by atoms with Crippen LogP contribution in [0.1, 0.15) is 45.2 Å². The van der Waals surface area contributed by atoms with Crippen molar-refractivity contribution in [3.63, 3.8) is 0 Å². The summed E-state index contributed by atoms with van der Waals surface area (Å²) in [5, 5.41) is 0.759. The Morgan fingerprint density at radius 1 is 1.19 bits per heavy atom. The van der Waals surface area contributed by atoms with Crippen LogP contribution >= 0.6 is 11.6 Å². The minimum Gasteiger partial charge on any atom is -0.383 e. The summed E-state index contributed by atoms with van der Waals surface area (Å²) in [6.07, 6.45) is 2.03. The van der Waals surface area contributed by atoms with Gasteiger partial charge in [-0.2, -0.15) is 0 Å². The fourth-order valence-corrected chi connectivity index (χ4v) is 2.76. The summed E-state index contributed by atoms with van der Waals surface area (Å²) >= 11 is 6.02. The van der Waals surface area contributed by atoms with E-state index in [2.05, 4.69) is 37.8 Å². The number of hydrogen-bond donors (Lipinski definition) is 1. The minimum atomic E-state index is 0.0945. The van der Waals surface area contributed by atoms with Crippen LogP contribution in [0.5, 0.6) is 0 Å². The molecule has 1 aromatic carbocycles. The van der Waals surface area contributed by atoms with Crippen LogP contribution in [0.15, 0.2) is 24.3 Å². The molecule has 0 bridgehead atoms. The maximum atomic E-state index is 6.44. The molecule has 0 saturated heterocycles. The maximum absolute atomic E-state index is 6.44. The zero-order chi connectivity index (χ0) is 15.8. The average molecular weight is 313 g/mol. The maximum Gasteiger partial charge on any atom is 0.0590 e. The Morgan fingerprint density at radius 3 is 2.29 bits per heavy atom. The van der Waals surface area contributed by atoms with Crippen LogP contribution in [0, 0.1) is 0 Å². The lowest BCUT2D eigenvalue weighted by molar-refractivity contribution is 0.0755. The number of benzene rings is 1. The summed E-state index contributed by atoms with van der Waals surface area (Å²) in [6, 6.07) is 8.80. The molecule has 21 heavy (non-hydrogen) atoms. The monoisotopic (exact) mass is 312 g/mol. The van der Waals surface area contributed by atoms with Gasteiger partial charge in [-0.3, -0.25) is 4.90 Å². The van der Waals surface area contributed by atoms with Crippen molar-refractivity contribution < 1.29 is 4.74 Å².